The Bertz CT molecular complexity index is 844. The van der Waals surface area contributed by atoms with Gasteiger partial charge in [0.25, 0.3) is 5.91 Å². The van der Waals surface area contributed by atoms with Crippen molar-refractivity contribution in [3.8, 4) is 0 Å². The van der Waals surface area contributed by atoms with Crippen molar-refractivity contribution in [2.75, 3.05) is 18.1 Å². The summed E-state index contributed by atoms with van der Waals surface area (Å²) in [5.41, 5.74) is 0. The van der Waals surface area contributed by atoms with Crippen LogP contribution >= 0.6 is 11.3 Å². The molecule has 3 heterocycles. The van der Waals surface area contributed by atoms with Gasteiger partial charge in [-0.25, -0.2) is 8.42 Å². The van der Waals surface area contributed by atoms with Crippen LogP contribution in [0, 0.1) is 0 Å². The van der Waals surface area contributed by atoms with E-state index in [0.29, 0.717) is 13.0 Å². The minimum atomic E-state index is -3.09. The van der Waals surface area contributed by atoms with Crippen LogP contribution in [0.5, 0.6) is 0 Å². The molecule has 0 saturated carbocycles. The third-order valence-electron chi connectivity index (χ3n) is 4.25. The molecule has 26 heavy (non-hydrogen) atoms. The molecule has 1 aliphatic rings. The molecule has 0 spiro atoms. The van der Waals surface area contributed by atoms with E-state index in [-0.39, 0.29) is 48.1 Å². The Morgan fingerprint density at radius 3 is 2.77 bits per heavy atom. The summed E-state index contributed by atoms with van der Waals surface area (Å²) in [6.07, 6.45) is 1.97. The fourth-order valence-electron chi connectivity index (χ4n) is 2.93. The van der Waals surface area contributed by atoms with Crippen LogP contribution < -0.4 is 5.32 Å². The Hall–Kier alpha value is -2.13. The molecule has 9 heteroatoms. The average Bonchev–Trinajstić information content (AvgIpc) is 3.34. The summed E-state index contributed by atoms with van der Waals surface area (Å²) in [5, 5.41) is 4.56. The molecule has 1 aliphatic heterocycles. The minimum Gasteiger partial charge on any atom is -0.459 e. The van der Waals surface area contributed by atoms with Gasteiger partial charge < -0.3 is 14.6 Å². The number of carbonyl (C=O) groups is 2. The lowest BCUT2D eigenvalue weighted by Gasteiger charge is -2.28. The van der Waals surface area contributed by atoms with Crippen LogP contribution in [0.2, 0.25) is 0 Å². The molecule has 2 aromatic heterocycles. The van der Waals surface area contributed by atoms with Crippen molar-refractivity contribution in [2.45, 2.75) is 25.4 Å². The molecule has 1 saturated heterocycles. The van der Waals surface area contributed by atoms with Gasteiger partial charge in [-0.3, -0.25) is 9.59 Å². The van der Waals surface area contributed by atoms with Crippen molar-refractivity contribution in [1.29, 1.82) is 0 Å². The second kappa shape index (κ2) is 8.05. The first-order valence-electron chi connectivity index (χ1n) is 8.28. The van der Waals surface area contributed by atoms with Crippen LogP contribution in [0.4, 0.5) is 0 Å². The van der Waals surface area contributed by atoms with Crippen LogP contribution in [-0.4, -0.2) is 49.2 Å². The summed E-state index contributed by atoms with van der Waals surface area (Å²) in [7, 11) is -3.09. The largest absolute Gasteiger partial charge is 0.459 e. The van der Waals surface area contributed by atoms with Gasteiger partial charge in [0.05, 0.1) is 24.3 Å². The van der Waals surface area contributed by atoms with Crippen molar-refractivity contribution >= 4 is 33.0 Å². The molecular weight excluding hydrogens is 376 g/mol. The Balaban J connectivity index is 1.60. The molecular formula is C17H20N2O5S2. The zero-order valence-electron chi connectivity index (χ0n) is 14.1. The Morgan fingerprint density at radius 1 is 1.31 bits per heavy atom. The van der Waals surface area contributed by atoms with E-state index in [1.54, 1.807) is 17.0 Å². The van der Waals surface area contributed by atoms with E-state index in [4.69, 9.17) is 4.42 Å². The average molecular weight is 396 g/mol. The first kappa shape index (κ1) is 18.7. The number of rotatable bonds is 7. The summed E-state index contributed by atoms with van der Waals surface area (Å²) in [5.74, 6) is -0.240. The quantitative estimate of drug-likeness (QED) is 0.768. The second-order valence-corrected chi connectivity index (χ2v) is 9.40. The van der Waals surface area contributed by atoms with E-state index in [1.807, 2.05) is 17.5 Å². The van der Waals surface area contributed by atoms with Gasteiger partial charge >= 0.3 is 0 Å². The highest BCUT2D eigenvalue weighted by Crippen LogP contribution is 2.22. The summed E-state index contributed by atoms with van der Waals surface area (Å²) in [4.78, 5) is 27.2. The zero-order chi connectivity index (χ0) is 18.6. The number of amides is 2. The Labute approximate surface area is 155 Å². The highest BCUT2D eigenvalue weighted by molar-refractivity contribution is 7.91. The molecule has 140 valence electrons. The topological polar surface area (TPSA) is 96.7 Å². The minimum absolute atomic E-state index is 0.00285. The summed E-state index contributed by atoms with van der Waals surface area (Å²) in [6, 6.07) is 6.67. The van der Waals surface area contributed by atoms with Crippen molar-refractivity contribution in [2.24, 2.45) is 0 Å². The molecule has 0 bridgehead atoms. The number of sulfone groups is 1. The lowest BCUT2D eigenvalue weighted by atomic mass is 10.2. The van der Waals surface area contributed by atoms with E-state index in [1.165, 1.54) is 17.6 Å². The fraction of sp³-hybridized carbons (Fsp3) is 0.412. The highest BCUT2D eigenvalue weighted by Gasteiger charge is 2.34. The molecule has 0 radical (unpaired) electrons. The van der Waals surface area contributed by atoms with Gasteiger partial charge in [0.1, 0.15) is 0 Å². The number of hydrogen-bond acceptors (Lipinski definition) is 6. The van der Waals surface area contributed by atoms with Crippen molar-refractivity contribution < 1.29 is 22.4 Å². The van der Waals surface area contributed by atoms with E-state index >= 15 is 0 Å². The third-order valence-corrected chi connectivity index (χ3v) is 6.86. The fourth-order valence-corrected chi connectivity index (χ4v) is 5.37. The van der Waals surface area contributed by atoms with Crippen molar-refractivity contribution in [3.63, 3.8) is 0 Å². The SMILES string of the molecule is O=C(NCCC(=O)N(Cc1cccs1)[C@H]1CCS(=O)(=O)C1)c1ccco1. The van der Waals surface area contributed by atoms with Crippen molar-refractivity contribution in [1.82, 2.24) is 10.2 Å². The number of thiophene rings is 1. The predicted octanol–water partition coefficient (Wildman–Crippen LogP) is 1.68. The van der Waals surface area contributed by atoms with Crippen LogP contribution in [0.1, 0.15) is 28.3 Å². The normalized spacial score (nSPS) is 18.5. The Kier molecular flexibility index (Phi) is 5.77. The molecule has 1 fully saturated rings. The maximum Gasteiger partial charge on any atom is 0.286 e. The summed E-state index contributed by atoms with van der Waals surface area (Å²) in [6.45, 7) is 0.557. The summed E-state index contributed by atoms with van der Waals surface area (Å²) >= 11 is 1.53. The Morgan fingerprint density at radius 2 is 2.15 bits per heavy atom. The molecule has 1 N–H and O–H groups in total. The predicted molar refractivity (Wildman–Crippen MR) is 97.6 cm³/mol. The third kappa shape index (κ3) is 4.73. The van der Waals surface area contributed by atoms with Crippen LogP contribution in [0.3, 0.4) is 0 Å². The zero-order valence-corrected chi connectivity index (χ0v) is 15.7. The van der Waals surface area contributed by atoms with Gasteiger partial charge in [-0.05, 0) is 30.0 Å². The molecule has 0 aliphatic carbocycles. The van der Waals surface area contributed by atoms with E-state index in [9.17, 15) is 18.0 Å². The first-order chi connectivity index (χ1) is 12.4. The van der Waals surface area contributed by atoms with Gasteiger partial charge in [-0.1, -0.05) is 6.07 Å². The van der Waals surface area contributed by atoms with Gasteiger partial charge in [-0.15, -0.1) is 11.3 Å². The van der Waals surface area contributed by atoms with Crippen LogP contribution in [0.15, 0.2) is 40.3 Å². The van der Waals surface area contributed by atoms with Crippen molar-refractivity contribution in [3.05, 3.63) is 46.5 Å². The van der Waals surface area contributed by atoms with E-state index < -0.39 is 9.84 Å². The smallest absolute Gasteiger partial charge is 0.286 e. The number of carbonyl (C=O) groups excluding carboxylic acids is 2. The van der Waals surface area contributed by atoms with Gasteiger partial charge in [-0.2, -0.15) is 0 Å². The number of hydrogen-bond donors (Lipinski definition) is 1. The van der Waals surface area contributed by atoms with Gasteiger partial charge in [0.15, 0.2) is 15.6 Å². The second-order valence-electron chi connectivity index (χ2n) is 6.14. The maximum absolute atomic E-state index is 12.7. The van der Waals surface area contributed by atoms with E-state index in [2.05, 4.69) is 5.32 Å². The standard InChI is InChI=1S/C17H20N2O5S2/c20-16(5-7-18-17(21)15-4-1-8-24-15)19(11-14-3-2-9-25-14)13-6-10-26(22,23)12-13/h1-4,8-9,13H,5-7,10-12H2,(H,18,21)/t13-/m0/s1. The molecule has 0 aromatic carbocycles. The molecule has 1 atom stereocenters. The lowest BCUT2D eigenvalue weighted by molar-refractivity contribution is -0.133. The maximum atomic E-state index is 12.7. The van der Waals surface area contributed by atoms with E-state index in [0.717, 1.165) is 4.88 Å². The molecule has 2 aromatic rings. The summed E-state index contributed by atoms with van der Waals surface area (Å²) < 4.78 is 28.6. The molecule has 2 amide bonds. The lowest BCUT2D eigenvalue weighted by Crippen LogP contribution is -2.41. The van der Waals surface area contributed by atoms with Gasteiger partial charge in [0.2, 0.25) is 5.91 Å². The highest BCUT2D eigenvalue weighted by atomic mass is 32.2. The monoisotopic (exact) mass is 396 g/mol. The number of nitrogens with zero attached hydrogens (tertiary/aromatic N) is 1. The van der Waals surface area contributed by atoms with Crippen LogP contribution in [0.25, 0.3) is 0 Å². The first-order valence-corrected chi connectivity index (χ1v) is 11.0. The number of furan rings is 1. The molecule has 3 rings (SSSR count). The number of nitrogens with one attached hydrogen (secondary N) is 1. The van der Waals surface area contributed by atoms with Gasteiger partial charge in [0, 0.05) is 23.9 Å². The molecule has 0 unspecified atom stereocenters. The van der Waals surface area contributed by atoms with Crippen LogP contribution in [-0.2, 0) is 21.2 Å². The molecule has 7 nitrogen and oxygen atoms in total.